The average Bonchev–Trinajstić information content (AvgIpc) is 2.44. The predicted molar refractivity (Wildman–Crippen MR) is 91.2 cm³/mol. The van der Waals surface area contributed by atoms with Crippen LogP contribution in [0, 0.1) is 10.8 Å². The van der Waals surface area contributed by atoms with Gasteiger partial charge < -0.3 is 0 Å². The van der Waals surface area contributed by atoms with Crippen LogP contribution in [0.15, 0.2) is 24.3 Å². The maximum absolute atomic E-state index is 2.38. The fraction of sp³-hybridized carbons (Fsp3) is 0.700. The van der Waals surface area contributed by atoms with Crippen LogP contribution in [0.3, 0.4) is 0 Å². The van der Waals surface area contributed by atoms with Gasteiger partial charge >= 0.3 is 0 Å². The van der Waals surface area contributed by atoms with E-state index in [0.29, 0.717) is 10.8 Å². The van der Waals surface area contributed by atoms with Crippen LogP contribution in [0.4, 0.5) is 0 Å². The highest BCUT2D eigenvalue weighted by atomic mass is 14.2. The molecular weight excluding hydrogens is 240 g/mol. The molecule has 0 aliphatic heterocycles. The van der Waals surface area contributed by atoms with Gasteiger partial charge in [-0.1, -0.05) is 78.6 Å². The van der Waals surface area contributed by atoms with Crippen LogP contribution in [-0.4, -0.2) is 0 Å². The van der Waals surface area contributed by atoms with Gasteiger partial charge in [-0.25, -0.2) is 0 Å². The third-order valence-corrected chi connectivity index (χ3v) is 5.17. The first-order chi connectivity index (χ1) is 9.29. The first-order valence-electron chi connectivity index (χ1n) is 8.36. The zero-order valence-corrected chi connectivity index (χ0v) is 14.6. The van der Waals surface area contributed by atoms with Gasteiger partial charge in [0, 0.05) is 0 Å². The van der Waals surface area contributed by atoms with Crippen LogP contribution in [0.2, 0.25) is 0 Å². The fourth-order valence-electron chi connectivity index (χ4n) is 2.34. The van der Waals surface area contributed by atoms with Crippen LogP contribution < -0.4 is 0 Å². The summed E-state index contributed by atoms with van der Waals surface area (Å²) in [5, 5.41) is 0. The zero-order valence-electron chi connectivity index (χ0n) is 14.6. The number of hydrogen-bond acceptors (Lipinski definition) is 0. The highest BCUT2D eigenvalue weighted by molar-refractivity contribution is 5.27. The monoisotopic (exact) mass is 274 g/mol. The molecule has 0 amide bonds. The van der Waals surface area contributed by atoms with E-state index in [-0.39, 0.29) is 0 Å². The molecule has 0 heteroatoms. The summed E-state index contributed by atoms with van der Waals surface area (Å²) in [6.07, 6.45) is 7.55. The quantitative estimate of drug-likeness (QED) is 0.513. The molecule has 1 aromatic carbocycles. The Morgan fingerprint density at radius 3 is 1.35 bits per heavy atom. The third kappa shape index (κ3) is 5.69. The first-order valence-corrected chi connectivity index (χ1v) is 8.36. The molecule has 0 saturated heterocycles. The van der Waals surface area contributed by atoms with Gasteiger partial charge in [-0.05, 0) is 47.6 Å². The van der Waals surface area contributed by atoms with E-state index in [1.807, 2.05) is 0 Å². The SMILES string of the molecule is CCC(C)(C)CCc1ccccc1CCC(C)(C)CC. The molecular formula is C20H34. The minimum Gasteiger partial charge on any atom is -0.0649 e. The van der Waals surface area contributed by atoms with Crippen LogP contribution in [0.1, 0.15) is 78.4 Å². The number of benzene rings is 1. The normalized spacial score (nSPS) is 12.7. The second-order valence-corrected chi connectivity index (χ2v) is 7.80. The molecule has 0 atom stereocenters. The lowest BCUT2D eigenvalue weighted by molar-refractivity contribution is 0.317. The van der Waals surface area contributed by atoms with E-state index in [2.05, 4.69) is 65.8 Å². The van der Waals surface area contributed by atoms with Gasteiger partial charge in [0.05, 0.1) is 0 Å². The van der Waals surface area contributed by atoms with E-state index < -0.39 is 0 Å². The lowest BCUT2D eigenvalue weighted by Crippen LogP contribution is -2.13. The molecule has 20 heavy (non-hydrogen) atoms. The Balaban J connectivity index is 2.69. The molecule has 0 fully saturated rings. The lowest BCUT2D eigenvalue weighted by Gasteiger charge is -2.25. The van der Waals surface area contributed by atoms with Gasteiger partial charge in [0.1, 0.15) is 0 Å². The summed E-state index contributed by atoms with van der Waals surface area (Å²) in [6, 6.07) is 9.06. The second kappa shape index (κ2) is 7.29. The maximum atomic E-state index is 2.38. The summed E-state index contributed by atoms with van der Waals surface area (Å²) in [5.41, 5.74) is 4.08. The summed E-state index contributed by atoms with van der Waals surface area (Å²) in [4.78, 5) is 0. The van der Waals surface area contributed by atoms with Gasteiger partial charge in [0.15, 0.2) is 0 Å². The van der Waals surface area contributed by atoms with Crippen molar-refractivity contribution in [1.29, 1.82) is 0 Å². The molecule has 1 rings (SSSR count). The van der Waals surface area contributed by atoms with E-state index in [1.165, 1.54) is 38.5 Å². The summed E-state index contributed by atoms with van der Waals surface area (Å²) >= 11 is 0. The van der Waals surface area contributed by atoms with Gasteiger partial charge in [0.25, 0.3) is 0 Å². The molecule has 0 saturated carbocycles. The van der Waals surface area contributed by atoms with Crippen molar-refractivity contribution in [2.24, 2.45) is 10.8 Å². The zero-order chi connectivity index (χ0) is 15.2. The summed E-state index contributed by atoms with van der Waals surface area (Å²) in [5.74, 6) is 0. The Labute approximate surface area is 127 Å². The highest BCUT2D eigenvalue weighted by Gasteiger charge is 2.17. The van der Waals surface area contributed by atoms with E-state index in [1.54, 1.807) is 11.1 Å². The van der Waals surface area contributed by atoms with Crippen LogP contribution in [-0.2, 0) is 12.8 Å². The van der Waals surface area contributed by atoms with E-state index in [0.717, 1.165) is 0 Å². The Hall–Kier alpha value is -0.780. The molecule has 114 valence electrons. The summed E-state index contributed by atoms with van der Waals surface area (Å²) < 4.78 is 0. The van der Waals surface area contributed by atoms with E-state index in [4.69, 9.17) is 0 Å². The van der Waals surface area contributed by atoms with Crippen molar-refractivity contribution in [3.8, 4) is 0 Å². The fourth-order valence-corrected chi connectivity index (χ4v) is 2.34. The van der Waals surface area contributed by atoms with Gasteiger partial charge in [-0.2, -0.15) is 0 Å². The number of hydrogen-bond donors (Lipinski definition) is 0. The Bertz CT molecular complexity index is 359. The van der Waals surface area contributed by atoms with Crippen molar-refractivity contribution < 1.29 is 0 Å². The van der Waals surface area contributed by atoms with Crippen molar-refractivity contribution in [3.63, 3.8) is 0 Å². The largest absolute Gasteiger partial charge is 0.0649 e. The van der Waals surface area contributed by atoms with Crippen LogP contribution >= 0.6 is 0 Å². The topological polar surface area (TPSA) is 0 Å². The minimum atomic E-state index is 0.468. The van der Waals surface area contributed by atoms with Crippen molar-refractivity contribution >= 4 is 0 Å². The van der Waals surface area contributed by atoms with Gasteiger partial charge in [-0.3, -0.25) is 0 Å². The van der Waals surface area contributed by atoms with Crippen molar-refractivity contribution in [1.82, 2.24) is 0 Å². The first kappa shape index (κ1) is 17.3. The Morgan fingerprint density at radius 2 is 1.05 bits per heavy atom. The Morgan fingerprint density at radius 1 is 0.700 bits per heavy atom. The Kier molecular flexibility index (Phi) is 6.30. The molecule has 0 unspecified atom stereocenters. The molecule has 0 radical (unpaired) electrons. The molecule has 0 aliphatic carbocycles. The van der Waals surface area contributed by atoms with Gasteiger partial charge in [-0.15, -0.1) is 0 Å². The van der Waals surface area contributed by atoms with Crippen molar-refractivity contribution in [3.05, 3.63) is 35.4 Å². The molecule has 0 aliphatic rings. The van der Waals surface area contributed by atoms with E-state index in [9.17, 15) is 0 Å². The molecule has 0 bridgehead atoms. The highest BCUT2D eigenvalue weighted by Crippen LogP contribution is 2.30. The molecule has 0 N–H and O–H groups in total. The van der Waals surface area contributed by atoms with Crippen molar-refractivity contribution in [2.75, 3.05) is 0 Å². The standard InChI is InChI=1S/C20H34/c1-7-19(3,4)15-13-17-11-9-10-12-18(17)14-16-20(5,6)8-2/h9-12H,7-8,13-16H2,1-6H3. The van der Waals surface area contributed by atoms with Crippen molar-refractivity contribution in [2.45, 2.75) is 80.1 Å². The molecule has 0 aromatic heterocycles. The third-order valence-electron chi connectivity index (χ3n) is 5.17. The lowest BCUT2D eigenvalue weighted by atomic mass is 9.81. The van der Waals surface area contributed by atoms with Gasteiger partial charge in [0.2, 0.25) is 0 Å². The van der Waals surface area contributed by atoms with Crippen LogP contribution in [0.5, 0.6) is 0 Å². The molecule has 0 spiro atoms. The van der Waals surface area contributed by atoms with E-state index >= 15 is 0 Å². The smallest absolute Gasteiger partial charge is 0.0271 e. The minimum absolute atomic E-state index is 0.468. The van der Waals surface area contributed by atoms with Crippen LogP contribution in [0.25, 0.3) is 0 Å². The number of aryl methyl sites for hydroxylation is 2. The summed E-state index contributed by atoms with van der Waals surface area (Å²) in [7, 11) is 0. The predicted octanol–water partition coefficient (Wildman–Crippen LogP) is 6.42. The molecule has 1 aromatic rings. The number of rotatable bonds is 8. The average molecular weight is 274 g/mol. The second-order valence-electron chi connectivity index (χ2n) is 7.80. The maximum Gasteiger partial charge on any atom is -0.0271 e. The molecule has 0 heterocycles. The molecule has 0 nitrogen and oxygen atoms in total. The summed E-state index contributed by atoms with van der Waals surface area (Å²) in [6.45, 7) is 14.1.